The van der Waals surface area contributed by atoms with E-state index in [4.69, 9.17) is 15.3 Å². The molecule has 3 N–H and O–H groups in total. The van der Waals surface area contributed by atoms with Crippen molar-refractivity contribution >= 4 is 10.9 Å². The molecule has 2 heterocycles. The molecule has 1 fully saturated rings. The zero-order chi connectivity index (χ0) is 14.7. The highest BCUT2D eigenvalue weighted by molar-refractivity contribution is 5.78. The van der Waals surface area contributed by atoms with Gasteiger partial charge in [-0.1, -0.05) is 18.2 Å². The van der Waals surface area contributed by atoms with E-state index < -0.39 is 0 Å². The highest BCUT2D eigenvalue weighted by Crippen LogP contribution is 2.37. The first-order chi connectivity index (χ1) is 10.3. The van der Waals surface area contributed by atoms with E-state index in [9.17, 15) is 0 Å². The Morgan fingerprint density at radius 2 is 2.10 bits per heavy atom. The van der Waals surface area contributed by atoms with Crippen molar-refractivity contribution in [3.8, 4) is 0 Å². The van der Waals surface area contributed by atoms with Crippen molar-refractivity contribution in [1.82, 2.24) is 10.4 Å². The van der Waals surface area contributed by atoms with E-state index in [0.29, 0.717) is 13.2 Å². The predicted octanol–water partition coefficient (Wildman–Crippen LogP) is 1.93. The quantitative estimate of drug-likeness (QED) is 0.664. The van der Waals surface area contributed by atoms with Crippen LogP contribution in [0.2, 0.25) is 0 Å². The van der Waals surface area contributed by atoms with Crippen LogP contribution in [0.4, 0.5) is 0 Å². The van der Waals surface area contributed by atoms with Crippen LogP contribution in [-0.4, -0.2) is 30.9 Å². The molecule has 112 valence electrons. The molecule has 0 radical (unpaired) electrons. The number of nitrogens with one attached hydrogen (secondary N) is 1. The van der Waals surface area contributed by atoms with Gasteiger partial charge in [-0.2, -0.15) is 0 Å². The third-order valence-electron chi connectivity index (χ3n) is 4.38. The van der Waals surface area contributed by atoms with Crippen LogP contribution in [0.5, 0.6) is 0 Å². The Kier molecular flexibility index (Phi) is 4.17. The molecular formula is C16H21N3O2. The molecule has 5 nitrogen and oxygen atoms in total. The minimum atomic E-state index is -0.350. The lowest BCUT2D eigenvalue weighted by Gasteiger charge is -2.42. The fraction of sp³-hybridized carbons (Fsp3) is 0.438. The Balaban J connectivity index is 2.00. The molecule has 1 aliphatic heterocycles. The Hall–Kier alpha value is -1.53. The first kappa shape index (κ1) is 14.4. The largest absolute Gasteiger partial charge is 0.381 e. The van der Waals surface area contributed by atoms with Crippen molar-refractivity contribution in [3.63, 3.8) is 0 Å². The molecule has 0 bridgehead atoms. The molecule has 3 rings (SSSR count). The van der Waals surface area contributed by atoms with Gasteiger partial charge in [0.1, 0.15) is 0 Å². The van der Waals surface area contributed by atoms with Crippen molar-refractivity contribution in [3.05, 3.63) is 42.1 Å². The molecule has 1 aliphatic rings. The van der Waals surface area contributed by atoms with E-state index >= 15 is 0 Å². The van der Waals surface area contributed by atoms with Crippen LogP contribution in [0.25, 0.3) is 10.9 Å². The van der Waals surface area contributed by atoms with Crippen LogP contribution in [0, 0.1) is 0 Å². The number of fused-ring (bicyclic) bond motifs is 1. The summed E-state index contributed by atoms with van der Waals surface area (Å²) in [6.07, 6.45) is 3.50. The SMILES string of the molecule is COC1(C(NN)c2cnc3ccccc3c2)CCOCC1. The molecule has 0 aliphatic carbocycles. The van der Waals surface area contributed by atoms with Gasteiger partial charge in [0.05, 0.1) is 17.2 Å². The molecule has 0 saturated carbocycles. The van der Waals surface area contributed by atoms with Gasteiger partial charge in [0, 0.05) is 44.7 Å². The molecule has 0 spiro atoms. The minimum Gasteiger partial charge on any atom is -0.381 e. The number of ether oxygens (including phenoxy) is 2. The number of rotatable bonds is 4. The zero-order valence-corrected chi connectivity index (χ0v) is 12.2. The average Bonchev–Trinajstić information content (AvgIpc) is 2.56. The second-order valence-electron chi connectivity index (χ2n) is 5.44. The molecule has 1 saturated heterocycles. The third kappa shape index (κ3) is 2.65. The van der Waals surface area contributed by atoms with Crippen molar-refractivity contribution in [2.45, 2.75) is 24.5 Å². The Bertz CT molecular complexity index is 611. The summed E-state index contributed by atoms with van der Waals surface area (Å²) >= 11 is 0. The molecule has 1 aromatic carbocycles. The predicted molar refractivity (Wildman–Crippen MR) is 81.6 cm³/mol. The van der Waals surface area contributed by atoms with Crippen molar-refractivity contribution in [1.29, 1.82) is 0 Å². The molecule has 1 unspecified atom stereocenters. The molecular weight excluding hydrogens is 266 g/mol. The van der Waals surface area contributed by atoms with Gasteiger partial charge in [0.2, 0.25) is 0 Å². The van der Waals surface area contributed by atoms with E-state index in [1.54, 1.807) is 7.11 Å². The maximum absolute atomic E-state index is 5.85. The fourth-order valence-electron chi connectivity index (χ4n) is 3.13. The minimum absolute atomic E-state index is 0.108. The molecule has 5 heteroatoms. The number of nitrogens with zero attached hydrogens (tertiary/aromatic N) is 1. The summed E-state index contributed by atoms with van der Waals surface area (Å²) in [5.74, 6) is 5.84. The van der Waals surface area contributed by atoms with Crippen molar-refractivity contribution in [2.75, 3.05) is 20.3 Å². The summed E-state index contributed by atoms with van der Waals surface area (Å²) in [5, 5.41) is 1.11. The van der Waals surface area contributed by atoms with Crippen molar-refractivity contribution < 1.29 is 9.47 Å². The third-order valence-corrected chi connectivity index (χ3v) is 4.38. The van der Waals surface area contributed by atoms with E-state index in [1.165, 1.54) is 0 Å². The van der Waals surface area contributed by atoms with Gasteiger partial charge >= 0.3 is 0 Å². The zero-order valence-electron chi connectivity index (χ0n) is 12.2. The molecule has 1 aromatic heterocycles. The number of aromatic nitrogens is 1. The Morgan fingerprint density at radius 1 is 1.33 bits per heavy atom. The first-order valence-corrected chi connectivity index (χ1v) is 7.23. The standard InChI is InChI=1S/C16H21N3O2/c1-20-16(6-8-21-9-7-16)15(19-17)13-10-12-4-2-3-5-14(12)18-11-13/h2-5,10-11,15,19H,6-9,17H2,1H3. The van der Waals surface area contributed by atoms with Gasteiger partial charge in [-0.05, 0) is 17.7 Å². The lowest BCUT2D eigenvalue weighted by atomic mass is 9.82. The second-order valence-corrected chi connectivity index (χ2v) is 5.44. The fourth-order valence-corrected chi connectivity index (χ4v) is 3.13. The van der Waals surface area contributed by atoms with Crippen LogP contribution in [0.3, 0.4) is 0 Å². The molecule has 2 aromatic rings. The van der Waals surface area contributed by atoms with Crippen LogP contribution >= 0.6 is 0 Å². The summed E-state index contributed by atoms with van der Waals surface area (Å²) in [4.78, 5) is 4.53. The average molecular weight is 287 g/mol. The number of hydrogen-bond donors (Lipinski definition) is 2. The number of methoxy groups -OCH3 is 1. The van der Waals surface area contributed by atoms with E-state index in [2.05, 4.69) is 22.5 Å². The van der Waals surface area contributed by atoms with E-state index in [0.717, 1.165) is 29.3 Å². The van der Waals surface area contributed by atoms with E-state index in [-0.39, 0.29) is 11.6 Å². The number of benzene rings is 1. The van der Waals surface area contributed by atoms with Gasteiger partial charge in [0.25, 0.3) is 0 Å². The summed E-state index contributed by atoms with van der Waals surface area (Å²) in [6, 6.07) is 10.1. The van der Waals surface area contributed by atoms with Crippen LogP contribution in [-0.2, 0) is 9.47 Å². The summed E-state index contributed by atoms with van der Waals surface area (Å²) in [5.41, 5.74) is 4.60. The highest BCUT2D eigenvalue weighted by Gasteiger charge is 2.41. The lowest BCUT2D eigenvalue weighted by Crippen LogP contribution is -2.51. The van der Waals surface area contributed by atoms with Crippen LogP contribution in [0.15, 0.2) is 36.5 Å². The van der Waals surface area contributed by atoms with Crippen LogP contribution in [0.1, 0.15) is 24.4 Å². The number of pyridine rings is 1. The summed E-state index contributed by atoms with van der Waals surface area (Å²) in [6.45, 7) is 1.38. The second kappa shape index (κ2) is 6.07. The maximum atomic E-state index is 5.85. The number of para-hydroxylation sites is 1. The summed E-state index contributed by atoms with van der Waals surface area (Å²) < 4.78 is 11.3. The van der Waals surface area contributed by atoms with Gasteiger partial charge in [-0.3, -0.25) is 16.3 Å². The van der Waals surface area contributed by atoms with Gasteiger partial charge in [-0.15, -0.1) is 0 Å². The molecule has 21 heavy (non-hydrogen) atoms. The topological polar surface area (TPSA) is 69.4 Å². The Morgan fingerprint density at radius 3 is 2.81 bits per heavy atom. The highest BCUT2D eigenvalue weighted by atomic mass is 16.5. The van der Waals surface area contributed by atoms with E-state index in [1.807, 2.05) is 24.4 Å². The number of hydrogen-bond acceptors (Lipinski definition) is 5. The van der Waals surface area contributed by atoms with Gasteiger partial charge in [-0.25, -0.2) is 0 Å². The van der Waals surface area contributed by atoms with Crippen LogP contribution < -0.4 is 11.3 Å². The molecule has 0 amide bonds. The smallest absolute Gasteiger partial charge is 0.0929 e. The summed E-state index contributed by atoms with van der Waals surface area (Å²) in [7, 11) is 1.74. The number of hydrazine groups is 1. The van der Waals surface area contributed by atoms with Gasteiger partial charge < -0.3 is 9.47 Å². The van der Waals surface area contributed by atoms with Crippen molar-refractivity contribution in [2.24, 2.45) is 5.84 Å². The number of nitrogens with two attached hydrogens (primary N) is 1. The first-order valence-electron chi connectivity index (χ1n) is 7.23. The maximum Gasteiger partial charge on any atom is 0.0929 e. The lowest BCUT2D eigenvalue weighted by molar-refractivity contribution is -0.111. The Labute approximate surface area is 124 Å². The monoisotopic (exact) mass is 287 g/mol. The molecule has 1 atom stereocenters. The van der Waals surface area contributed by atoms with Gasteiger partial charge in [0.15, 0.2) is 0 Å². The normalized spacial score (nSPS) is 19.5.